The lowest BCUT2D eigenvalue weighted by Gasteiger charge is -2.40. The molecule has 1 heterocycles. The van der Waals surface area contributed by atoms with Crippen LogP contribution < -0.4 is 10.6 Å². The second-order valence-corrected chi connectivity index (χ2v) is 10.6. The van der Waals surface area contributed by atoms with Gasteiger partial charge in [-0.3, -0.25) is 14.4 Å². The quantitative estimate of drug-likeness (QED) is 0.285. The minimum atomic E-state index is -1.11. The molecule has 0 spiro atoms. The van der Waals surface area contributed by atoms with Gasteiger partial charge in [-0.25, -0.2) is 8.78 Å². The minimum Gasteiger partial charge on any atom is -0.390 e. The van der Waals surface area contributed by atoms with Crippen molar-refractivity contribution in [2.24, 2.45) is 0 Å². The Balaban J connectivity index is 1.68. The number of amides is 3. The molecule has 0 unspecified atom stereocenters. The zero-order valence-electron chi connectivity index (χ0n) is 24.2. The summed E-state index contributed by atoms with van der Waals surface area (Å²) in [6.07, 6.45) is 2.07. The number of unbranched alkanes of at least 4 members (excludes halogenated alkanes) is 1. The van der Waals surface area contributed by atoms with Gasteiger partial charge in [0.05, 0.1) is 12.1 Å². The number of nitrogens with one attached hydrogen (secondary N) is 2. The van der Waals surface area contributed by atoms with E-state index in [0.717, 1.165) is 43.0 Å². The van der Waals surface area contributed by atoms with Crippen molar-refractivity contribution in [3.63, 3.8) is 0 Å². The van der Waals surface area contributed by atoms with E-state index in [1.54, 1.807) is 4.90 Å². The Labute approximate surface area is 241 Å². The highest BCUT2D eigenvalue weighted by Gasteiger charge is 2.38. The Hall–Kier alpha value is -3.37. The van der Waals surface area contributed by atoms with Crippen LogP contribution in [-0.4, -0.2) is 77.0 Å². The van der Waals surface area contributed by atoms with Gasteiger partial charge in [-0.05, 0) is 54.5 Å². The fraction of sp³-hybridized carbons (Fsp3) is 0.516. The normalized spacial score (nSPS) is 17.1. The van der Waals surface area contributed by atoms with Crippen LogP contribution in [0.1, 0.15) is 56.7 Å². The van der Waals surface area contributed by atoms with Gasteiger partial charge in [0.1, 0.15) is 18.2 Å². The lowest BCUT2D eigenvalue weighted by Crippen LogP contribution is -2.61. The molecule has 0 saturated carbocycles. The zero-order chi connectivity index (χ0) is 29.9. The molecule has 3 atom stereocenters. The summed E-state index contributed by atoms with van der Waals surface area (Å²) in [5.74, 6) is -3.44. The number of aliphatic hydroxyl groups excluding tert-OH is 1. The van der Waals surface area contributed by atoms with Crippen molar-refractivity contribution in [3.05, 3.63) is 70.8 Å². The number of aryl methyl sites for hydroxylation is 1. The monoisotopic (exact) mass is 572 g/mol. The number of rotatable bonds is 15. The van der Waals surface area contributed by atoms with Crippen LogP contribution in [0.25, 0.3) is 0 Å². The number of carbonyl (C=O) groups excluding carboxylic acids is 3. The summed E-state index contributed by atoms with van der Waals surface area (Å²) in [6.45, 7) is 6.96. The van der Waals surface area contributed by atoms with Gasteiger partial charge in [-0.2, -0.15) is 0 Å². The molecule has 224 valence electrons. The summed E-state index contributed by atoms with van der Waals surface area (Å²) in [5.41, 5.74) is 2.49. The van der Waals surface area contributed by atoms with Crippen LogP contribution in [0, 0.1) is 11.6 Å². The molecule has 1 fully saturated rings. The Kier molecular flexibility index (Phi) is 12.2. The van der Waals surface area contributed by atoms with Crippen LogP contribution in [-0.2, 0) is 33.8 Å². The van der Waals surface area contributed by atoms with E-state index in [9.17, 15) is 28.3 Å². The third kappa shape index (κ3) is 9.33. The molecule has 1 aliphatic rings. The van der Waals surface area contributed by atoms with Crippen molar-refractivity contribution < 1.29 is 28.3 Å². The molecule has 1 saturated heterocycles. The summed E-state index contributed by atoms with van der Waals surface area (Å²) in [6, 6.07) is 10.0. The van der Waals surface area contributed by atoms with E-state index in [4.69, 9.17) is 0 Å². The first kappa shape index (κ1) is 32.1. The average Bonchev–Trinajstić information content (AvgIpc) is 2.94. The first-order valence-corrected chi connectivity index (χ1v) is 14.5. The van der Waals surface area contributed by atoms with Crippen molar-refractivity contribution in [2.75, 3.05) is 26.2 Å². The van der Waals surface area contributed by atoms with E-state index in [1.165, 1.54) is 10.5 Å². The second kappa shape index (κ2) is 15.6. The number of piperazine rings is 1. The molecule has 3 N–H and O–H groups in total. The molecule has 0 radical (unpaired) electrons. The van der Waals surface area contributed by atoms with Crippen LogP contribution in [0.5, 0.6) is 0 Å². The molecule has 0 aliphatic carbocycles. The summed E-state index contributed by atoms with van der Waals surface area (Å²) in [7, 11) is 0. The van der Waals surface area contributed by atoms with Gasteiger partial charge in [0.2, 0.25) is 5.91 Å². The van der Waals surface area contributed by atoms with Gasteiger partial charge in [0.25, 0.3) is 0 Å². The van der Waals surface area contributed by atoms with Gasteiger partial charge in [-0.1, -0.05) is 51.5 Å². The van der Waals surface area contributed by atoms with Crippen LogP contribution in [0.3, 0.4) is 0 Å². The van der Waals surface area contributed by atoms with Gasteiger partial charge in [0, 0.05) is 38.3 Å². The molecule has 2 aromatic rings. The van der Waals surface area contributed by atoms with Crippen molar-refractivity contribution in [3.8, 4) is 0 Å². The molecule has 41 heavy (non-hydrogen) atoms. The van der Waals surface area contributed by atoms with E-state index in [0.29, 0.717) is 19.5 Å². The van der Waals surface area contributed by atoms with Crippen molar-refractivity contribution in [1.29, 1.82) is 0 Å². The molecule has 8 nitrogen and oxygen atoms in total. The average molecular weight is 573 g/mol. The van der Waals surface area contributed by atoms with Gasteiger partial charge in [-0.15, -0.1) is 0 Å². The van der Waals surface area contributed by atoms with Crippen LogP contribution >= 0.6 is 0 Å². The van der Waals surface area contributed by atoms with Crippen LogP contribution in [0.2, 0.25) is 0 Å². The van der Waals surface area contributed by atoms with Crippen LogP contribution in [0.15, 0.2) is 42.5 Å². The van der Waals surface area contributed by atoms with Gasteiger partial charge in [0.15, 0.2) is 0 Å². The Morgan fingerprint density at radius 2 is 1.73 bits per heavy atom. The number of nitrogens with zero attached hydrogens (tertiary/aromatic N) is 2. The molecule has 0 aromatic heterocycles. The fourth-order valence-electron chi connectivity index (χ4n) is 5.12. The first-order chi connectivity index (χ1) is 19.6. The van der Waals surface area contributed by atoms with Gasteiger partial charge >= 0.3 is 11.8 Å². The summed E-state index contributed by atoms with van der Waals surface area (Å²) >= 11 is 0. The number of benzene rings is 2. The SMILES string of the molecule is CCCCN1C(=O)C(=O)N(CC(=O)N[C@@H](Cc2cc(F)cc(F)c2)[C@H](O)CNCc2cccc(CC)c2)C[C@H]1CC. The first-order valence-electron chi connectivity index (χ1n) is 14.5. The van der Waals surface area contributed by atoms with E-state index in [1.807, 2.05) is 32.0 Å². The van der Waals surface area contributed by atoms with E-state index in [2.05, 4.69) is 23.6 Å². The highest BCUT2D eigenvalue weighted by molar-refractivity contribution is 6.35. The Morgan fingerprint density at radius 1 is 1.02 bits per heavy atom. The van der Waals surface area contributed by atoms with Crippen LogP contribution in [0.4, 0.5) is 8.78 Å². The van der Waals surface area contributed by atoms with E-state index in [-0.39, 0.29) is 37.7 Å². The number of hydrogen-bond donors (Lipinski definition) is 3. The minimum absolute atomic E-state index is 0.0379. The Morgan fingerprint density at radius 3 is 2.39 bits per heavy atom. The molecule has 10 heteroatoms. The zero-order valence-corrected chi connectivity index (χ0v) is 24.2. The third-order valence-corrected chi connectivity index (χ3v) is 7.43. The highest BCUT2D eigenvalue weighted by atomic mass is 19.1. The van der Waals surface area contributed by atoms with E-state index < -0.39 is 41.5 Å². The maximum absolute atomic E-state index is 13.9. The topological polar surface area (TPSA) is 102 Å². The molecule has 0 bridgehead atoms. The molecule has 3 rings (SSSR count). The van der Waals surface area contributed by atoms with Gasteiger partial charge < -0.3 is 25.5 Å². The molecular formula is C31H42F2N4O4. The van der Waals surface area contributed by atoms with Crippen molar-refractivity contribution in [1.82, 2.24) is 20.4 Å². The fourth-order valence-corrected chi connectivity index (χ4v) is 5.12. The largest absolute Gasteiger partial charge is 0.390 e. The smallest absolute Gasteiger partial charge is 0.312 e. The molecule has 3 amide bonds. The Bertz CT molecular complexity index is 1170. The number of aliphatic hydroxyl groups is 1. The molecular weight excluding hydrogens is 530 g/mol. The predicted molar refractivity (Wildman–Crippen MR) is 153 cm³/mol. The summed E-state index contributed by atoms with van der Waals surface area (Å²) < 4.78 is 27.8. The van der Waals surface area contributed by atoms with E-state index >= 15 is 0 Å². The third-order valence-electron chi connectivity index (χ3n) is 7.43. The summed E-state index contributed by atoms with van der Waals surface area (Å²) in [5, 5.41) is 16.9. The highest BCUT2D eigenvalue weighted by Crippen LogP contribution is 2.17. The standard InChI is InChI=1S/C31H42F2N4O4/c1-4-7-11-37-26(6-3)19-36(30(40)31(37)41)20-29(39)35-27(15-23-13-24(32)16-25(33)14-23)28(38)18-34-17-22-10-8-9-21(5-2)12-22/h8-10,12-14,16,26-28,34,38H,4-7,11,15,17-20H2,1-3H3,(H,35,39)/t26-,27+,28-/m1/s1. The lowest BCUT2D eigenvalue weighted by atomic mass is 10.00. The molecule has 1 aliphatic heterocycles. The van der Waals surface area contributed by atoms with Crippen molar-refractivity contribution in [2.45, 2.75) is 77.6 Å². The maximum atomic E-state index is 13.9. The number of carbonyl (C=O) groups is 3. The molecule has 2 aromatic carbocycles. The maximum Gasteiger partial charge on any atom is 0.312 e. The van der Waals surface area contributed by atoms with Crippen molar-refractivity contribution >= 4 is 17.7 Å². The number of hydrogen-bond acceptors (Lipinski definition) is 5. The second-order valence-electron chi connectivity index (χ2n) is 10.6. The predicted octanol–water partition coefficient (Wildman–Crippen LogP) is 2.95. The summed E-state index contributed by atoms with van der Waals surface area (Å²) in [4.78, 5) is 41.5. The lowest BCUT2D eigenvalue weighted by molar-refractivity contribution is -0.160. The number of halogens is 2.